The van der Waals surface area contributed by atoms with Gasteiger partial charge in [0, 0.05) is 24.0 Å². The Kier molecular flexibility index (Phi) is 5.07. The van der Waals surface area contributed by atoms with Crippen LogP contribution in [0, 0.1) is 0 Å². The number of rotatable bonds is 4. The quantitative estimate of drug-likeness (QED) is 0.772. The van der Waals surface area contributed by atoms with Crippen molar-refractivity contribution in [1.29, 1.82) is 0 Å². The van der Waals surface area contributed by atoms with Crippen molar-refractivity contribution in [3.63, 3.8) is 0 Å². The minimum atomic E-state index is -4.34. The Morgan fingerprint density at radius 3 is 2.68 bits per heavy atom. The highest BCUT2D eigenvalue weighted by molar-refractivity contribution is 7.15. The van der Waals surface area contributed by atoms with Gasteiger partial charge in [0.1, 0.15) is 0 Å². The van der Waals surface area contributed by atoms with Gasteiger partial charge in [-0.05, 0) is 24.1 Å². The number of hydrogen-bond acceptors (Lipinski definition) is 5. The van der Waals surface area contributed by atoms with Crippen LogP contribution in [0.15, 0.2) is 30.5 Å². The van der Waals surface area contributed by atoms with Gasteiger partial charge in [-0.15, -0.1) is 11.3 Å². The fourth-order valence-corrected chi connectivity index (χ4v) is 3.42. The molecule has 2 aromatic rings. The molecular formula is C16H16F3N3O2S. The summed E-state index contributed by atoms with van der Waals surface area (Å²) in [5, 5.41) is 15.5. The predicted molar refractivity (Wildman–Crippen MR) is 87.4 cm³/mol. The van der Waals surface area contributed by atoms with Crippen LogP contribution in [0.25, 0.3) is 0 Å². The van der Waals surface area contributed by atoms with Gasteiger partial charge < -0.3 is 15.7 Å². The highest BCUT2D eigenvalue weighted by Gasteiger charge is 2.30. The first-order valence-corrected chi connectivity index (χ1v) is 8.46. The summed E-state index contributed by atoms with van der Waals surface area (Å²) < 4.78 is 37.7. The van der Waals surface area contributed by atoms with E-state index in [0.29, 0.717) is 24.5 Å². The smallest absolute Gasteiger partial charge is 0.392 e. The zero-order chi connectivity index (χ0) is 18.0. The van der Waals surface area contributed by atoms with Crippen molar-refractivity contribution in [3.05, 3.63) is 46.5 Å². The SMILES string of the molecule is O=C(Nc1ncc(Cc2ccc(C(F)(F)F)cc2)s1)C1CC(O)CN1. The number of halogens is 3. The number of nitrogens with zero attached hydrogens (tertiary/aromatic N) is 1. The Morgan fingerprint density at radius 2 is 2.08 bits per heavy atom. The number of anilines is 1. The first-order valence-electron chi connectivity index (χ1n) is 7.64. The van der Waals surface area contributed by atoms with Gasteiger partial charge in [0.2, 0.25) is 5.91 Å². The monoisotopic (exact) mass is 371 g/mol. The van der Waals surface area contributed by atoms with E-state index in [4.69, 9.17) is 0 Å². The molecule has 134 valence electrons. The highest BCUT2D eigenvalue weighted by atomic mass is 32.1. The van der Waals surface area contributed by atoms with Gasteiger partial charge in [0.25, 0.3) is 0 Å². The number of aromatic nitrogens is 1. The summed E-state index contributed by atoms with van der Waals surface area (Å²) in [5.41, 5.74) is 0.0508. The molecule has 5 nitrogen and oxygen atoms in total. The maximum atomic E-state index is 12.6. The Balaban J connectivity index is 1.59. The Hall–Kier alpha value is -1.97. The lowest BCUT2D eigenvalue weighted by molar-refractivity contribution is -0.137. The van der Waals surface area contributed by atoms with E-state index in [1.54, 1.807) is 6.20 Å². The third-order valence-corrected chi connectivity index (χ3v) is 4.78. The molecule has 1 aliphatic rings. The minimum Gasteiger partial charge on any atom is -0.392 e. The topological polar surface area (TPSA) is 74.2 Å². The molecule has 3 rings (SSSR count). The minimum absolute atomic E-state index is 0.257. The maximum Gasteiger partial charge on any atom is 0.416 e. The molecule has 0 saturated carbocycles. The van der Waals surface area contributed by atoms with Crippen molar-refractivity contribution in [2.45, 2.75) is 31.2 Å². The first kappa shape index (κ1) is 17.8. The van der Waals surface area contributed by atoms with Crippen LogP contribution in [0.2, 0.25) is 0 Å². The predicted octanol–water partition coefficient (Wildman–Crippen LogP) is 2.41. The largest absolute Gasteiger partial charge is 0.416 e. The van der Waals surface area contributed by atoms with Gasteiger partial charge in [-0.2, -0.15) is 13.2 Å². The van der Waals surface area contributed by atoms with Gasteiger partial charge in [-0.1, -0.05) is 12.1 Å². The molecule has 2 unspecified atom stereocenters. The van der Waals surface area contributed by atoms with Crippen LogP contribution >= 0.6 is 11.3 Å². The van der Waals surface area contributed by atoms with Crippen molar-refractivity contribution in [1.82, 2.24) is 10.3 Å². The Bertz CT molecular complexity index is 746. The van der Waals surface area contributed by atoms with E-state index >= 15 is 0 Å². The fourth-order valence-electron chi connectivity index (χ4n) is 2.57. The second-order valence-corrected chi connectivity index (χ2v) is 6.96. The fraction of sp³-hybridized carbons (Fsp3) is 0.375. The summed E-state index contributed by atoms with van der Waals surface area (Å²) in [6.45, 7) is 0.384. The third-order valence-electron chi connectivity index (χ3n) is 3.87. The molecule has 3 N–H and O–H groups in total. The number of hydrogen-bond donors (Lipinski definition) is 3. The van der Waals surface area contributed by atoms with Crippen molar-refractivity contribution in [2.24, 2.45) is 0 Å². The molecule has 2 heterocycles. The van der Waals surface area contributed by atoms with Crippen LogP contribution in [-0.4, -0.2) is 34.7 Å². The third kappa shape index (κ3) is 4.56. The molecule has 0 spiro atoms. The summed E-state index contributed by atoms with van der Waals surface area (Å²) in [7, 11) is 0. The average Bonchev–Trinajstić information content (AvgIpc) is 3.16. The number of carbonyl (C=O) groups is 1. The molecule has 25 heavy (non-hydrogen) atoms. The molecule has 1 saturated heterocycles. The van der Waals surface area contributed by atoms with Crippen LogP contribution in [0.3, 0.4) is 0 Å². The molecule has 1 aliphatic heterocycles. The van der Waals surface area contributed by atoms with Crippen LogP contribution in [0.4, 0.5) is 18.3 Å². The lowest BCUT2D eigenvalue weighted by Crippen LogP contribution is -2.35. The molecule has 0 bridgehead atoms. The van der Waals surface area contributed by atoms with Crippen molar-refractivity contribution in [3.8, 4) is 0 Å². The van der Waals surface area contributed by atoms with E-state index in [1.807, 2.05) is 0 Å². The van der Waals surface area contributed by atoms with E-state index in [1.165, 1.54) is 23.5 Å². The maximum absolute atomic E-state index is 12.6. The molecule has 9 heteroatoms. The van der Waals surface area contributed by atoms with Crippen molar-refractivity contribution in [2.75, 3.05) is 11.9 Å². The van der Waals surface area contributed by atoms with Gasteiger partial charge in [0.15, 0.2) is 5.13 Å². The summed E-state index contributed by atoms with van der Waals surface area (Å²) in [6, 6.07) is 4.53. The first-order chi connectivity index (χ1) is 11.8. The zero-order valence-electron chi connectivity index (χ0n) is 13.0. The van der Waals surface area contributed by atoms with Gasteiger partial charge in [-0.3, -0.25) is 4.79 Å². The second kappa shape index (κ2) is 7.11. The zero-order valence-corrected chi connectivity index (χ0v) is 13.8. The molecular weight excluding hydrogens is 355 g/mol. The molecule has 1 amide bonds. The van der Waals surface area contributed by atoms with Gasteiger partial charge in [0.05, 0.1) is 17.7 Å². The number of thiazole rings is 1. The Labute approximate surface area is 145 Å². The van der Waals surface area contributed by atoms with E-state index in [9.17, 15) is 23.1 Å². The number of aliphatic hydroxyl groups excluding tert-OH is 1. The van der Waals surface area contributed by atoms with Gasteiger partial charge >= 0.3 is 6.18 Å². The van der Waals surface area contributed by atoms with Crippen molar-refractivity contribution < 1.29 is 23.1 Å². The lowest BCUT2D eigenvalue weighted by atomic mass is 10.1. The number of amides is 1. The molecule has 1 aromatic carbocycles. The average molecular weight is 371 g/mol. The van der Waals surface area contributed by atoms with Gasteiger partial charge in [-0.25, -0.2) is 4.98 Å². The van der Waals surface area contributed by atoms with E-state index in [2.05, 4.69) is 15.6 Å². The standard InChI is InChI=1S/C16H16F3N3O2S/c17-16(18,19)10-3-1-9(2-4-10)5-12-8-21-15(25-12)22-14(24)13-6-11(23)7-20-13/h1-4,8,11,13,20,23H,5-7H2,(H,21,22,24). The van der Waals surface area contributed by atoms with E-state index in [-0.39, 0.29) is 5.91 Å². The summed E-state index contributed by atoms with van der Waals surface area (Å²) in [4.78, 5) is 17.0. The molecule has 0 radical (unpaired) electrons. The number of nitrogens with one attached hydrogen (secondary N) is 2. The lowest BCUT2D eigenvalue weighted by Gasteiger charge is -2.08. The molecule has 1 fully saturated rings. The second-order valence-electron chi connectivity index (χ2n) is 5.84. The summed E-state index contributed by atoms with van der Waals surface area (Å²) in [6.07, 6.45) is -2.49. The summed E-state index contributed by atoms with van der Waals surface area (Å²) >= 11 is 1.27. The van der Waals surface area contributed by atoms with E-state index in [0.717, 1.165) is 22.6 Å². The number of β-amino-alcohol motifs (C(OH)–C–C–N with tert-alkyl or cyclic N) is 1. The number of benzene rings is 1. The number of aliphatic hydroxyl groups is 1. The van der Waals surface area contributed by atoms with E-state index < -0.39 is 23.9 Å². The van der Waals surface area contributed by atoms with Crippen LogP contribution in [0.5, 0.6) is 0 Å². The number of alkyl halides is 3. The normalized spacial score (nSPS) is 20.6. The highest BCUT2D eigenvalue weighted by Crippen LogP contribution is 2.30. The molecule has 0 aliphatic carbocycles. The summed E-state index contributed by atoms with van der Waals surface area (Å²) in [5.74, 6) is -0.257. The van der Waals surface area contributed by atoms with Crippen LogP contribution < -0.4 is 10.6 Å². The molecule has 1 aromatic heterocycles. The Morgan fingerprint density at radius 1 is 1.36 bits per heavy atom. The number of carbonyl (C=O) groups excluding carboxylic acids is 1. The molecule has 2 atom stereocenters. The van der Waals surface area contributed by atoms with Crippen LogP contribution in [-0.2, 0) is 17.4 Å². The van der Waals surface area contributed by atoms with Crippen molar-refractivity contribution >= 4 is 22.4 Å². The van der Waals surface area contributed by atoms with Crippen LogP contribution in [0.1, 0.15) is 22.4 Å².